The average Bonchev–Trinajstić information content (AvgIpc) is 3.00. The third kappa shape index (κ3) is 6.12. The quantitative estimate of drug-likeness (QED) is 0.351. The van der Waals surface area contributed by atoms with Gasteiger partial charge in [0.2, 0.25) is 0 Å². The van der Waals surface area contributed by atoms with Crippen LogP contribution in [-0.4, -0.2) is 42.9 Å². The summed E-state index contributed by atoms with van der Waals surface area (Å²) in [5.74, 6) is 0.811. The van der Waals surface area contributed by atoms with Crippen LogP contribution in [-0.2, 0) is 16.1 Å². The third-order valence-electron chi connectivity index (χ3n) is 4.32. The molecule has 6 nitrogen and oxygen atoms in total. The third-order valence-corrected chi connectivity index (χ3v) is 6.34. The van der Waals surface area contributed by atoms with Gasteiger partial charge in [-0.2, -0.15) is 0 Å². The molecule has 164 valence electrons. The van der Waals surface area contributed by atoms with Gasteiger partial charge in [-0.1, -0.05) is 28.1 Å². The van der Waals surface area contributed by atoms with Gasteiger partial charge in [0, 0.05) is 11.6 Å². The molecule has 0 atom stereocenters. The van der Waals surface area contributed by atoms with Gasteiger partial charge in [-0.05, 0) is 76.1 Å². The molecule has 0 N–H and O–H groups in total. The van der Waals surface area contributed by atoms with Crippen molar-refractivity contribution in [2.75, 3.05) is 26.9 Å². The Labute approximate surface area is 202 Å². The van der Waals surface area contributed by atoms with Gasteiger partial charge in [0.05, 0.1) is 29.1 Å². The Kier molecular flexibility index (Phi) is 8.59. The summed E-state index contributed by atoms with van der Waals surface area (Å²) in [5.41, 5.74) is 1.75. The second kappa shape index (κ2) is 11.2. The normalized spacial score (nSPS) is 15.1. The van der Waals surface area contributed by atoms with Crippen LogP contribution in [0.2, 0.25) is 0 Å². The number of methoxy groups -OCH3 is 1. The molecule has 3 rings (SSSR count). The second-order valence-electron chi connectivity index (χ2n) is 6.50. The zero-order valence-electron chi connectivity index (χ0n) is 17.0. The SMILES string of the molecule is CCOc1cc(/C=C2/SC(=O)N(CCOC)C2=O)cc(Br)c1OCc1ccc(Br)cc1. The zero-order valence-corrected chi connectivity index (χ0v) is 21.0. The summed E-state index contributed by atoms with van der Waals surface area (Å²) in [4.78, 5) is 26.2. The average molecular weight is 571 g/mol. The lowest BCUT2D eigenvalue weighted by Gasteiger charge is -2.15. The molecule has 0 saturated carbocycles. The minimum atomic E-state index is -0.323. The van der Waals surface area contributed by atoms with E-state index in [-0.39, 0.29) is 17.7 Å². The van der Waals surface area contributed by atoms with E-state index in [0.29, 0.717) is 40.7 Å². The molecule has 1 fully saturated rings. The maximum atomic E-state index is 12.6. The summed E-state index contributed by atoms with van der Waals surface area (Å²) < 4.78 is 18.5. The van der Waals surface area contributed by atoms with Gasteiger partial charge < -0.3 is 14.2 Å². The topological polar surface area (TPSA) is 65.1 Å². The lowest BCUT2D eigenvalue weighted by molar-refractivity contribution is -0.123. The summed E-state index contributed by atoms with van der Waals surface area (Å²) in [6.45, 7) is 3.26. The molecule has 0 radical (unpaired) electrons. The van der Waals surface area contributed by atoms with Crippen LogP contribution in [0.15, 0.2) is 50.2 Å². The molecule has 9 heteroatoms. The van der Waals surface area contributed by atoms with Gasteiger partial charge in [0.1, 0.15) is 6.61 Å². The summed E-state index contributed by atoms with van der Waals surface area (Å²) in [6.07, 6.45) is 1.68. The maximum Gasteiger partial charge on any atom is 0.293 e. The molecule has 0 unspecified atom stereocenters. The Bertz CT molecular complexity index is 994. The number of nitrogens with zero attached hydrogens (tertiary/aromatic N) is 1. The Morgan fingerprint density at radius 1 is 1.10 bits per heavy atom. The number of hydrogen-bond donors (Lipinski definition) is 0. The minimum Gasteiger partial charge on any atom is -0.490 e. The Hall–Kier alpha value is -1.81. The van der Waals surface area contributed by atoms with Gasteiger partial charge in [-0.25, -0.2) is 0 Å². The number of halogens is 2. The highest BCUT2D eigenvalue weighted by molar-refractivity contribution is 9.10. The predicted molar refractivity (Wildman–Crippen MR) is 128 cm³/mol. The van der Waals surface area contributed by atoms with Gasteiger partial charge >= 0.3 is 0 Å². The molecule has 0 spiro atoms. The molecule has 0 bridgehead atoms. The van der Waals surface area contributed by atoms with Crippen molar-refractivity contribution in [2.45, 2.75) is 13.5 Å². The molecular formula is C22H21Br2NO5S. The van der Waals surface area contributed by atoms with Crippen LogP contribution in [0.4, 0.5) is 4.79 Å². The molecule has 31 heavy (non-hydrogen) atoms. The highest BCUT2D eigenvalue weighted by Crippen LogP contribution is 2.39. The summed E-state index contributed by atoms with van der Waals surface area (Å²) in [7, 11) is 1.53. The van der Waals surface area contributed by atoms with Crippen LogP contribution >= 0.6 is 43.6 Å². The molecule has 1 aliphatic heterocycles. The van der Waals surface area contributed by atoms with E-state index in [1.807, 2.05) is 37.3 Å². The molecule has 1 heterocycles. The van der Waals surface area contributed by atoms with Gasteiger partial charge in [-0.3, -0.25) is 14.5 Å². The Morgan fingerprint density at radius 2 is 1.84 bits per heavy atom. The van der Waals surface area contributed by atoms with E-state index in [9.17, 15) is 9.59 Å². The van der Waals surface area contributed by atoms with Crippen LogP contribution < -0.4 is 9.47 Å². The molecule has 0 aliphatic carbocycles. The summed E-state index contributed by atoms with van der Waals surface area (Å²) in [6, 6.07) is 11.5. The van der Waals surface area contributed by atoms with E-state index in [1.165, 1.54) is 12.0 Å². The Balaban J connectivity index is 1.82. The first kappa shape index (κ1) is 23.8. The summed E-state index contributed by atoms with van der Waals surface area (Å²) in [5, 5.41) is -0.299. The fourth-order valence-corrected chi connectivity index (χ4v) is 4.54. The number of amides is 2. The van der Waals surface area contributed by atoms with Gasteiger partial charge in [0.25, 0.3) is 11.1 Å². The first-order valence-electron chi connectivity index (χ1n) is 9.50. The minimum absolute atomic E-state index is 0.231. The number of carbonyl (C=O) groups is 2. The number of carbonyl (C=O) groups excluding carboxylic acids is 2. The van der Waals surface area contributed by atoms with Crippen molar-refractivity contribution in [1.29, 1.82) is 0 Å². The van der Waals surface area contributed by atoms with Crippen LogP contribution in [0.1, 0.15) is 18.1 Å². The summed E-state index contributed by atoms with van der Waals surface area (Å²) >= 11 is 7.89. The fraction of sp³-hybridized carbons (Fsp3) is 0.273. The zero-order chi connectivity index (χ0) is 22.4. The second-order valence-corrected chi connectivity index (χ2v) is 9.27. The van der Waals surface area contributed by atoms with Crippen molar-refractivity contribution in [3.05, 3.63) is 61.4 Å². The maximum absolute atomic E-state index is 12.6. The molecule has 2 aromatic rings. The van der Waals surface area contributed by atoms with Crippen molar-refractivity contribution in [3.8, 4) is 11.5 Å². The fourth-order valence-electron chi connectivity index (χ4n) is 2.84. The van der Waals surface area contributed by atoms with E-state index >= 15 is 0 Å². The smallest absolute Gasteiger partial charge is 0.293 e. The Morgan fingerprint density at radius 3 is 2.52 bits per heavy atom. The van der Waals surface area contributed by atoms with Crippen molar-refractivity contribution in [3.63, 3.8) is 0 Å². The highest BCUT2D eigenvalue weighted by atomic mass is 79.9. The molecule has 1 aliphatic rings. The largest absolute Gasteiger partial charge is 0.490 e. The standard InChI is InChI=1S/C22H21Br2NO5S/c1-3-29-18-11-15(12-19-21(26)25(8-9-28-2)22(27)31-19)10-17(24)20(18)30-13-14-4-6-16(23)7-5-14/h4-7,10-12H,3,8-9,13H2,1-2H3/b19-12+. The van der Waals surface area contributed by atoms with Crippen LogP contribution in [0.3, 0.4) is 0 Å². The predicted octanol–water partition coefficient (Wildman–Crippen LogP) is 5.87. The lowest BCUT2D eigenvalue weighted by Crippen LogP contribution is -2.31. The number of imide groups is 1. The van der Waals surface area contributed by atoms with Crippen LogP contribution in [0, 0.1) is 0 Å². The van der Waals surface area contributed by atoms with Crippen LogP contribution in [0.5, 0.6) is 11.5 Å². The van der Waals surface area contributed by atoms with Crippen molar-refractivity contribution in [1.82, 2.24) is 4.90 Å². The van der Waals surface area contributed by atoms with Gasteiger partial charge in [0.15, 0.2) is 11.5 Å². The van der Waals surface area contributed by atoms with E-state index in [0.717, 1.165) is 27.4 Å². The molecule has 0 aromatic heterocycles. The van der Waals surface area contributed by atoms with E-state index < -0.39 is 0 Å². The first-order valence-corrected chi connectivity index (χ1v) is 11.9. The van der Waals surface area contributed by atoms with E-state index in [1.54, 1.807) is 12.1 Å². The van der Waals surface area contributed by atoms with E-state index in [4.69, 9.17) is 14.2 Å². The monoisotopic (exact) mass is 569 g/mol. The van der Waals surface area contributed by atoms with Crippen molar-refractivity contribution in [2.24, 2.45) is 0 Å². The molecule has 2 amide bonds. The highest BCUT2D eigenvalue weighted by Gasteiger charge is 2.34. The molecule has 2 aromatic carbocycles. The number of thioether (sulfide) groups is 1. The lowest BCUT2D eigenvalue weighted by atomic mass is 10.1. The number of hydrogen-bond acceptors (Lipinski definition) is 6. The van der Waals surface area contributed by atoms with Crippen molar-refractivity contribution >= 4 is 60.8 Å². The van der Waals surface area contributed by atoms with Crippen LogP contribution in [0.25, 0.3) is 6.08 Å². The van der Waals surface area contributed by atoms with E-state index in [2.05, 4.69) is 31.9 Å². The first-order chi connectivity index (χ1) is 14.9. The van der Waals surface area contributed by atoms with Gasteiger partial charge in [-0.15, -0.1) is 0 Å². The number of benzene rings is 2. The number of ether oxygens (including phenoxy) is 3. The molecular weight excluding hydrogens is 550 g/mol. The van der Waals surface area contributed by atoms with Crippen molar-refractivity contribution < 1.29 is 23.8 Å². The molecule has 1 saturated heterocycles. The number of rotatable bonds is 9.